The maximum Gasteiger partial charge on any atom is 0.305 e. The third kappa shape index (κ3) is 40.2. The lowest BCUT2D eigenvalue weighted by Crippen LogP contribution is -2.60. The molecule has 0 saturated carbocycles. The topological polar surface area (TPSA) is 175 Å². The number of amides is 1. The molecule has 422 valence electrons. The summed E-state index contributed by atoms with van der Waals surface area (Å²) in [5.41, 5.74) is 0. The van der Waals surface area contributed by atoms with Crippen LogP contribution in [0.2, 0.25) is 0 Å². The van der Waals surface area contributed by atoms with E-state index in [1.54, 1.807) is 6.08 Å². The first-order chi connectivity index (χ1) is 35.2. The maximum atomic E-state index is 13.0. The second-order valence-corrected chi connectivity index (χ2v) is 21.0. The van der Waals surface area contributed by atoms with Gasteiger partial charge in [-0.25, -0.2) is 0 Å². The van der Waals surface area contributed by atoms with Crippen molar-refractivity contribution < 1.29 is 49.3 Å². The average Bonchev–Trinajstić information content (AvgIpc) is 3.38. The quantitative estimate of drug-likeness (QED) is 0.0195. The van der Waals surface area contributed by atoms with Crippen molar-refractivity contribution in [1.82, 2.24) is 5.32 Å². The van der Waals surface area contributed by atoms with E-state index in [9.17, 15) is 35.1 Å². The lowest BCUT2D eigenvalue weighted by atomic mass is 9.99. The third-order valence-electron chi connectivity index (χ3n) is 14.2. The molecule has 1 saturated heterocycles. The number of carbonyl (C=O) groups excluding carboxylic acids is 2. The Hall–Kier alpha value is -2.12. The first-order valence-corrected chi connectivity index (χ1v) is 30.3. The van der Waals surface area contributed by atoms with Gasteiger partial charge in [-0.05, 0) is 70.6 Å². The Balaban J connectivity index is 2.01. The van der Waals surface area contributed by atoms with Gasteiger partial charge in [-0.2, -0.15) is 0 Å². The molecule has 1 fully saturated rings. The lowest BCUT2D eigenvalue weighted by Gasteiger charge is -2.40. The summed E-state index contributed by atoms with van der Waals surface area (Å²) >= 11 is 0. The second-order valence-electron chi connectivity index (χ2n) is 21.0. The van der Waals surface area contributed by atoms with Gasteiger partial charge < -0.3 is 45.1 Å². The first kappa shape index (κ1) is 67.9. The highest BCUT2D eigenvalue weighted by Crippen LogP contribution is 2.23. The molecule has 0 aromatic carbocycles. The summed E-state index contributed by atoms with van der Waals surface area (Å²) in [7, 11) is 0. The molecule has 72 heavy (non-hydrogen) atoms. The molecule has 7 atom stereocenters. The number of hydrogen-bond donors (Lipinski definition) is 6. The van der Waals surface area contributed by atoms with Crippen LogP contribution in [0, 0.1) is 0 Å². The molecule has 11 nitrogen and oxygen atoms in total. The molecule has 1 amide bonds. The number of ether oxygens (including phenoxy) is 3. The molecule has 0 aromatic heterocycles. The number of aliphatic hydroxyl groups excluding tert-OH is 5. The molecule has 7 unspecified atom stereocenters. The van der Waals surface area contributed by atoms with Crippen molar-refractivity contribution in [3.63, 3.8) is 0 Å². The summed E-state index contributed by atoms with van der Waals surface area (Å²) in [6.07, 6.45) is 52.7. The monoisotopic (exact) mass is 1020 g/mol. The molecule has 0 spiro atoms. The summed E-state index contributed by atoms with van der Waals surface area (Å²) in [6, 6.07) is -0.829. The fourth-order valence-electron chi connectivity index (χ4n) is 9.39. The Labute approximate surface area is 441 Å². The largest absolute Gasteiger partial charge is 0.466 e. The third-order valence-corrected chi connectivity index (χ3v) is 14.2. The summed E-state index contributed by atoms with van der Waals surface area (Å²) in [4.78, 5) is 25.0. The fraction of sp³-hybridized carbons (Fsp3) is 0.869. The number of allylic oxidation sites excluding steroid dienone is 5. The number of rotatable bonds is 52. The van der Waals surface area contributed by atoms with Gasteiger partial charge in [0.15, 0.2) is 6.29 Å². The molecule has 6 N–H and O–H groups in total. The minimum Gasteiger partial charge on any atom is -0.466 e. The van der Waals surface area contributed by atoms with Gasteiger partial charge in [0.1, 0.15) is 24.4 Å². The van der Waals surface area contributed by atoms with Crippen LogP contribution in [0.5, 0.6) is 0 Å². The van der Waals surface area contributed by atoms with E-state index >= 15 is 0 Å². The first-order valence-electron chi connectivity index (χ1n) is 30.3. The zero-order chi connectivity index (χ0) is 52.4. The number of aliphatic hydroxyl groups is 5. The minimum absolute atomic E-state index is 0.000326. The van der Waals surface area contributed by atoms with Gasteiger partial charge in [-0.15, -0.1) is 0 Å². The summed E-state index contributed by atoms with van der Waals surface area (Å²) in [5.74, 6) is -0.199. The summed E-state index contributed by atoms with van der Waals surface area (Å²) in [6.45, 7) is 4.27. The van der Waals surface area contributed by atoms with E-state index in [0.29, 0.717) is 19.4 Å². The zero-order valence-corrected chi connectivity index (χ0v) is 46.4. The number of nitrogens with one attached hydrogen (secondary N) is 1. The second kappa shape index (κ2) is 51.0. The van der Waals surface area contributed by atoms with Crippen LogP contribution in [0.25, 0.3) is 0 Å². The van der Waals surface area contributed by atoms with E-state index in [1.807, 2.05) is 6.08 Å². The van der Waals surface area contributed by atoms with Crippen LogP contribution in [0.4, 0.5) is 0 Å². The van der Waals surface area contributed by atoms with Crippen molar-refractivity contribution in [3.05, 3.63) is 36.5 Å². The standard InChI is InChI=1S/C61H113NO10/c1-3-5-7-9-11-13-28-33-37-41-45-49-57(66)70-50-46-42-38-34-30-27-25-23-21-19-17-15-14-16-18-20-22-24-26-29-32-36-40-44-48-56(65)62-53(54(64)47-43-39-35-31-12-10-8-6-4-2)52-71-61-60(69)59(68)58(67)55(51-63)72-61/h12,16,18,31,43,47,53-55,58-61,63-64,67-69H,3-11,13-15,17,19-30,32-42,44-46,48-52H2,1-2H3,(H,62,65)/b18-16-,31-12+,47-43+. The van der Waals surface area contributed by atoms with Gasteiger partial charge in [-0.1, -0.05) is 230 Å². The van der Waals surface area contributed by atoms with Crippen LogP contribution >= 0.6 is 0 Å². The van der Waals surface area contributed by atoms with Crippen LogP contribution < -0.4 is 5.32 Å². The predicted molar refractivity (Wildman–Crippen MR) is 297 cm³/mol. The molecule has 0 aromatic rings. The summed E-state index contributed by atoms with van der Waals surface area (Å²) < 4.78 is 16.6. The Bertz CT molecular complexity index is 1290. The van der Waals surface area contributed by atoms with Crippen molar-refractivity contribution in [2.45, 2.75) is 320 Å². The molecule has 1 aliphatic heterocycles. The SMILES string of the molecule is CCCCC/C=C/CC/C=C/C(O)C(COC1OC(CO)C(O)C(O)C1O)NC(=O)CCCCCCCCCC/C=C\CCCCCCCCCCCCCCOC(=O)CCCCCCCCCCCCC. The van der Waals surface area contributed by atoms with E-state index in [2.05, 4.69) is 43.5 Å². The molecule has 1 aliphatic rings. The number of esters is 1. The van der Waals surface area contributed by atoms with Crippen molar-refractivity contribution in [2.24, 2.45) is 0 Å². The van der Waals surface area contributed by atoms with Gasteiger partial charge in [0.25, 0.3) is 0 Å². The Morgan fingerprint density at radius 1 is 0.500 bits per heavy atom. The Morgan fingerprint density at radius 2 is 0.903 bits per heavy atom. The molecular weight excluding hydrogens is 907 g/mol. The van der Waals surface area contributed by atoms with E-state index < -0.39 is 49.5 Å². The van der Waals surface area contributed by atoms with Gasteiger partial charge in [-0.3, -0.25) is 9.59 Å². The smallest absolute Gasteiger partial charge is 0.305 e. The minimum atomic E-state index is -1.58. The van der Waals surface area contributed by atoms with E-state index in [1.165, 1.54) is 180 Å². The van der Waals surface area contributed by atoms with Crippen LogP contribution in [-0.4, -0.2) is 100 Å². The number of unbranched alkanes of at least 4 members (excludes halogenated alkanes) is 34. The van der Waals surface area contributed by atoms with Crippen molar-refractivity contribution >= 4 is 11.9 Å². The maximum absolute atomic E-state index is 13.0. The van der Waals surface area contributed by atoms with Crippen molar-refractivity contribution in [2.75, 3.05) is 19.8 Å². The normalized spacial score (nSPS) is 19.2. The molecule has 11 heteroatoms. The average molecular weight is 1020 g/mol. The Kier molecular flexibility index (Phi) is 48.1. The Morgan fingerprint density at radius 3 is 1.40 bits per heavy atom. The molecule has 0 aliphatic carbocycles. The van der Waals surface area contributed by atoms with Crippen LogP contribution in [0.1, 0.15) is 277 Å². The van der Waals surface area contributed by atoms with Gasteiger partial charge in [0.2, 0.25) is 5.91 Å². The highest BCUT2D eigenvalue weighted by Gasteiger charge is 2.44. The van der Waals surface area contributed by atoms with Gasteiger partial charge in [0, 0.05) is 12.8 Å². The zero-order valence-electron chi connectivity index (χ0n) is 46.4. The van der Waals surface area contributed by atoms with Crippen molar-refractivity contribution in [1.29, 1.82) is 0 Å². The number of carbonyl (C=O) groups is 2. The lowest BCUT2D eigenvalue weighted by molar-refractivity contribution is -0.302. The molecule has 1 heterocycles. The molecular formula is C61H113NO10. The highest BCUT2D eigenvalue weighted by molar-refractivity contribution is 5.76. The van der Waals surface area contributed by atoms with Crippen LogP contribution in [0.15, 0.2) is 36.5 Å². The van der Waals surface area contributed by atoms with Gasteiger partial charge in [0.05, 0.1) is 32.0 Å². The van der Waals surface area contributed by atoms with E-state index in [-0.39, 0.29) is 18.5 Å². The van der Waals surface area contributed by atoms with E-state index in [4.69, 9.17) is 14.2 Å². The summed E-state index contributed by atoms with van der Waals surface area (Å²) in [5, 5.41) is 54.1. The van der Waals surface area contributed by atoms with E-state index in [0.717, 1.165) is 70.6 Å². The van der Waals surface area contributed by atoms with Crippen LogP contribution in [0.3, 0.4) is 0 Å². The number of hydrogen-bond acceptors (Lipinski definition) is 10. The molecule has 0 radical (unpaired) electrons. The van der Waals surface area contributed by atoms with Gasteiger partial charge >= 0.3 is 5.97 Å². The molecule has 0 bridgehead atoms. The van der Waals surface area contributed by atoms with Crippen LogP contribution in [-0.2, 0) is 23.8 Å². The predicted octanol–water partition coefficient (Wildman–Crippen LogP) is 13.9. The fourth-order valence-corrected chi connectivity index (χ4v) is 9.39. The molecule has 1 rings (SSSR count). The van der Waals surface area contributed by atoms with Crippen molar-refractivity contribution in [3.8, 4) is 0 Å². The highest BCUT2D eigenvalue weighted by atomic mass is 16.7.